The van der Waals surface area contributed by atoms with Crippen LogP contribution < -0.4 is 11.1 Å². The van der Waals surface area contributed by atoms with Crippen LogP contribution in [0.15, 0.2) is 42.7 Å². The van der Waals surface area contributed by atoms with Crippen LogP contribution in [0, 0.1) is 0 Å². The van der Waals surface area contributed by atoms with Crippen molar-refractivity contribution in [3.05, 3.63) is 53.9 Å². The summed E-state index contributed by atoms with van der Waals surface area (Å²) in [5.74, 6) is 0.654. The lowest BCUT2D eigenvalue weighted by atomic mass is 10.0. The predicted molar refractivity (Wildman–Crippen MR) is 126 cm³/mol. The molecule has 0 atom stereocenters. The average Bonchev–Trinajstić information content (AvgIpc) is 3.07. The first-order chi connectivity index (χ1) is 15.1. The summed E-state index contributed by atoms with van der Waals surface area (Å²) in [6.07, 6.45) is 4.49. The number of carbonyl (C=O) groups is 1. The van der Waals surface area contributed by atoms with Crippen LogP contribution in [-0.2, 0) is 0 Å². The molecule has 0 aliphatic heterocycles. The predicted octanol–water partition coefficient (Wildman–Crippen LogP) is 2.47. The summed E-state index contributed by atoms with van der Waals surface area (Å²) in [5.41, 5.74) is 9.70. The number of likely N-dealkylation sites (N-methyl/N-ethyl adjacent to an activating group) is 2. The van der Waals surface area contributed by atoms with Crippen molar-refractivity contribution in [1.29, 1.82) is 0 Å². The summed E-state index contributed by atoms with van der Waals surface area (Å²) >= 11 is 0. The van der Waals surface area contributed by atoms with E-state index in [2.05, 4.69) is 34.2 Å². The molecule has 0 fully saturated rings. The van der Waals surface area contributed by atoms with Crippen molar-refractivity contribution in [2.45, 2.75) is 6.42 Å². The van der Waals surface area contributed by atoms with Gasteiger partial charge >= 0.3 is 0 Å². The van der Waals surface area contributed by atoms with Crippen molar-refractivity contribution in [3.8, 4) is 11.1 Å². The zero-order chi connectivity index (χ0) is 21.8. The van der Waals surface area contributed by atoms with Crippen LogP contribution in [0.25, 0.3) is 22.0 Å². The van der Waals surface area contributed by atoms with Gasteiger partial charge in [-0.05, 0) is 51.3 Å². The van der Waals surface area contributed by atoms with Crippen molar-refractivity contribution >= 4 is 22.5 Å². The van der Waals surface area contributed by atoms with Crippen molar-refractivity contribution in [2.75, 3.05) is 58.7 Å². The molecule has 0 radical (unpaired) electrons. The number of nitrogens with one attached hydrogen (secondary N) is 1. The van der Waals surface area contributed by atoms with Gasteiger partial charge in [0.1, 0.15) is 5.82 Å². The number of nitrogens with two attached hydrogens (primary N) is 1. The van der Waals surface area contributed by atoms with E-state index < -0.39 is 0 Å². The van der Waals surface area contributed by atoms with Crippen molar-refractivity contribution in [3.63, 3.8) is 0 Å². The summed E-state index contributed by atoms with van der Waals surface area (Å²) in [5, 5.41) is 4.43. The van der Waals surface area contributed by atoms with Gasteiger partial charge in [-0.1, -0.05) is 18.2 Å². The summed E-state index contributed by atoms with van der Waals surface area (Å²) < 4.78 is 0. The van der Waals surface area contributed by atoms with Crippen molar-refractivity contribution in [2.24, 2.45) is 5.73 Å². The quantitative estimate of drug-likeness (QED) is 0.409. The van der Waals surface area contributed by atoms with Crippen molar-refractivity contribution < 1.29 is 4.79 Å². The summed E-state index contributed by atoms with van der Waals surface area (Å²) in [6, 6.07) is 9.91. The molecule has 0 unspecified atom stereocenters. The molecule has 3 aromatic rings. The highest BCUT2D eigenvalue weighted by Crippen LogP contribution is 2.43. The summed E-state index contributed by atoms with van der Waals surface area (Å²) in [6.45, 7) is 5.25. The van der Waals surface area contributed by atoms with E-state index in [-0.39, 0.29) is 5.78 Å². The molecule has 31 heavy (non-hydrogen) atoms. The Bertz CT molecular complexity index is 1080. The first-order valence-electron chi connectivity index (χ1n) is 10.8. The number of nitrogens with zero attached hydrogens (tertiary/aromatic N) is 4. The maximum absolute atomic E-state index is 13.2. The van der Waals surface area contributed by atoms with Gasteiger partial charge in [-0.2, -0.15) is 0 Å². The number of fused-ring (bicyclic) bond motifs is 5. The third-order valence-electron chi connectivity index (χ3n) is 5.83. The molecule has 0 saturated heterocycles. The highest BCUT2D eigenvalue weighted by Gasteiger charge is 2.32. The van der Waals surface area contributed by atoms with Gasteiger partial charge in [0.05, 0.1) is 11.1 Å². The second-order valence-electron chi connectivity index (χ2n) is 8.15. The molecule has 1 aliphatic carbocycles. The van der Waals surface area contributed by atoms with Gasteiger partial charge < -0.3 is 20.9 Å². The average molecular weight is 419 g/mol. The monoisotopic (exact) mass is 418 g/mol. The number of hydrogen-bond donors (Lipinski definition) is 2. The lowest BCUT2D eigenvalue weighted by molar-refractivity contribution is 0.104. The molecule has 3 N–H and O–H groups in total. The van der Waals surface area contributed by atoms with E-state index in [1.807, 2.05) is 30.3 Å². The van der Waals surface area contributed by atoms with E-state index in [4.69, 9.17) is 10.7 Å². The normalized spacial score (nSPS) is 12.6. The van der Waals surface area contributed by atoms with E-state index in [9.17, 15) is 4.79 Å². The zero-order valence-corrected chi connectivity index (χ0v) is 18.3. The molecule has 4 rings (SSSR count). The molecule has 1 aliphatic rings. The molecule has 0 spiro atoms. The third-order valence-corrected chi connectivity index (χ3v) is 5.83. The standard InChI is InChI=1S/C24H30N6O/c1-29(14-9-25)12-5-13-30(2)15-11-27-24-22-21(18-6-3-4-7-20(18)28-24)17-8-10-26-16-19(17)23(22)31/h3-4,6-8,10,16H,5,9,11-15,25H2,1-2H3,(H,27,28). The fraction of sp³-hybridized carbons (Fsp3) is 0.375. The number of rotatable bonds is 10. The first-order valence-corrected chi connectivity index (χ1v) is 10.8. The third kappa shape index (κ3) is 4.44. The molecule has 162 valence electrons. The zero-order valence-electron chi connectivity index (χ0n) is 18.3. The van der Waals surface area contributed by atoms with E-state index >= 15 is 0 Å². The van der Waals surface area contributed by atoms with Crippen LogP contribution in [0.1, 0.15) is 22.3 Å². The molecular formula is C24H30N6O. The minimum atomic E-state index is -0.00449. The first kappa shape index (κ1) is 21.4. The highest BCUT2D eigenvalue weighted by atomic mass is 16.1. The van der Waals surface area contributed by atoms with Gasteiger partial charge in [0.15, 0.2) is 5.78 Å². The number of benzene rings is 1. The van der Waals surface area contributed by atoms with E-state index in [1.165, 1.54) is 0 Å². The van der Waals surface area contributed by atoms with Gasteiger partial charge in [-0.15, -0.1) is 0 Å². The lowest BCUT2D eigenvalue weighted by Gasteiger charge is -2.20. The molecule has 0 bridgehead atoms. The van der Waals surface area contributed by atoms with Gasteiger partial charge in [-0.3, -0.25) is 9.78 Å². The molecule has 0 amide bonds. The van der Waals surface area contributed by atoms with Gasteiger partial charge in [0.2, 0.25) is 0 Å². The Labute approximate surface area is 183 Å². The number of para-hydroxylation sites is 1. The second-order valence-corrected chi connectivity index (χ2v) is 8.15. The summed E-state index contributed by atoms with van der Waals surface area (Å²) in [4.78, 5) is 26.7. The molecule has 7 heteroatoms. The molecule has 2 aromatic heterocycles. The van der Waals surface area contributed by atoms with Gasteiger partial charge in [-0.25, -0.2) is 4.98 Å². The Kier molecular flexibility index (Phi) is 6.56. The van der Waals surface area contributed by atoms with Crippen LogP contribution in [-0.4, -0.2) is 78.9 Å². The van der Waals surface area contributed by atoms with Crippen LogP contribution >= 0.6 is 0 Å². The maximum atomic E-state index is 13.2. The van der Waals surface area contributed by atoms with Gasteiger partial charge in [0, 0.05) is 55.1 Å². The number of aromatic nitrogens is 2. The molecule has 0 saturated carbocycles. The van der Waals surface area contributed by atoms with Gasteiger partial charge in [0.25, 0.3) is 0 Å². The van der Waals surface area contributed by atoms with Crippen LogP contribution in [0.3, 0.4) is 0 Å². The largest absolute Gasteiger partial charge is 0.368 e. The molecule has 7 nitrogen and oxygen atoms in total. The second kappa shape index (κ2) is 9.51. The lowest BCUT2D eigenvalue weighted by Crippen LogP contribution is -2.31. The summed E-state index contributed by atoms with van der Waals surface area (Å²) in [7, 11) is 4.22. The Balaban J connectivity index is 1.48. The molecular weight excluding hydrogens is 388 g/mol. The fourth-order valence-corrected chi connectivity index (χ4v) is 4.19. The number of ketones is 1. The topological polar surface area (TPSA) is 87.4 Å². The molecule has 2 heterocycles. The number of hydrogen-bond acceptors (Lipinski definition) is 7. The van der Waals surface area contributed by atoms with E-state index in [0.717, 1.165) is 61.2 Å². The minimum Gasteiger partial charge on any atom is -0.368 e. The highest BCUT2D eigenvalue weighted by molar-refractivity contribution is 6.27. The number of anilines is 1. The Morgan fingerprint density at radius 1 is 0.968 bits per heavy atom. The van der Waals surface area contributed by atoms with E-state index in [1.54, 1.807) is 12.4 Å². The fourth-order valence-electron chi connectivity index (χ4n) is 4.19. The maximum Gasteiger partial charge on any atom is 0.199 e. The van der Waals surface area contributed by atoms with E-state index in [0.29, 0.717) is 23.5 Å². The Morgan fingerprint density at radius 2 is 1.74 bits per heavy atom. The van der Waals surface area contributed by atoms with Crippen LogP contribution in [0.4, 0.5) is 5.82 Å². The van der Waals surface area contributed by atoms with Crippen LogP contribution in [0.5, 0.6) is 0 Å². The Hall–Kier alpha value is -2.87. The number of pyridine rings is 2. The Morgan fingerprint density at radius 3 is 2.55 bits per heavy atom. The smallest absolute Gasteiger partial charge is 0.199 e. The molecule has 1 aromatic carbocycles. The van der Waals surface area contributed by atoms with Crippen LogP contribution in [0.2, 0.25) is 0 Å². The minimum absolute atomic E-state index is 0.00449. The SMILES string of the molecule is CN(CCN)CCCN(C)CCNc1nc2ccccc2c2c1C(=O)c1cnccc1-2. The van der Waals surface area contributed by atoms with Crippen molar-refractivity contribution in [1.82, 2.24) is 19.8 Å². The number of carbonyl (C=O) groups excluding carboxylic acids is 1.